The Morgan fingerprint density at radius 3 is 3.00 bits per heavy atom. The van der Waals surface area contributed by atoms with Gasteiger partial charge in [-0.15, -0.1) is 0 Å². The van der Waals surface area contributed by atoms with E-state index in [-0.39, 0.29) is 12.5 Å². The number of rotatable bonds is 5. The molecule has 0 radical (unpaired) electrons. The van der Waals surface area contributed by atoms with Crippen LogP contribution in [0, 0.1) is 0 Å². The summed E-state index contributed by atoms with van der Waals surface area (Å²) in [6.45, 7) is 0.699. The first-order chi connectivity index (χ1) is 9.81. The Morgan fingerprint density at radius 1 is 1.45 bits per heavy atom. The molecule has 1 aliphatic rings. The van der Waals surface area contributed by atoms with Crippen molar-refractivity contribution in [2.24, 2.45) is 0 Å². The number of carbonyl (C=O) groups excluding carboxylic acids is 1. The zero-order valence-corrected chi connectivity index (χ0v) is 11.3. The maximum Gasteiger partial charge on any atom is 0.258 e. The number of hydrogen-bond donors (Lipinski definition) is 1. The molecule has 6 nitrogen and oxygen atoms in total. The number of carbonyl (C=O) groups is 1. The summed E-state index contributed by atoms with van der Waals surface area (Å²) in [6, 6.07) is 0.306. The predicted molar refractivity (Wildman–Crippen MR) is 73.4 cm³/mol. The predicted octanol–water partition coefficient (Wildman–Crippen LogP) is 1.11. The molecule has 2 aromatic rings. The van der Waals surface area contributed by atoms with Crippen molar-refractivity contribution >= 4 is 11.4 Å². The Kier molecular flexibility index (Phi) is 3.64. The van der Waals surface area contributed by atoms with Crippen molar-refractivity contribution in [3.8, 4) is 0 Å². The first kappa shape index (κ1) is 13.1. The Bertz CT molecular complexity index is 606. The zero-order chi connectivity index (χ0) is 13.9. The fourth-order valence-electron chi connectivity index (χ4n) is 2.54. The van der Waals surface area contributed by atoms with Gasteiger partial charge >= 0.3 is 0 Å². The van der Waals surface area contributed by atoms with E-state index < -0.39 is 0 Å². The number of fused-ring (bicyclic) bond motifs is 1. The van der Waals surface area contributed by atoms with E-state index >= 15 is 0 Å². The highest BCUT2D eigenvalue weighted by Crippen LogP contribution is 2.27. The molecule has 0 spiro atoms. The van der Waals surface area contributed by atoms with Crippen molar-refractivity contribution in [3.05, 3.63) is 30.4 Å². The highest BCUT2D eigenvalue weighted by molar-refractivity contribution is 6.00. The molecule has 0 aromatic carbocycles. The van der Waals surface area contributed by atoms with Gasteiger partial charge in [-0.05, 0) is 25.7 Å². The topological polar surface area (TPSA) is 70.7 Å². The van der Waals surface area contributed by atoms with Crippen LogP contribution in [0.1, 0.15) is 36.0 Å². The third-order valence-corrected chi connectivity index (χ3v) is 3.89. The van der Waals surface area contributed by atoms with Gasteiger partial charge in [-0.25, -0.2) is 4.52 Å². The first-order valence-electron chi connectivity index (χ1n) is 7.00. The van der Waals surface area contributed by atoms with E-state index in [1.807, 2.05) is 4.90 Å². The van der Waals surface area contributed by atoms with E-state index in [1.165, 1.54) is 6.42 Å². The molecule has 3 rings (SSSR count). The molecule has 1 amide bonds. The second-order valence-corrected chi connectivity index (χ2v) is 5.12. The summed E-state index contributed by atoms with van der Waals surface area (Å²) in [5.41, 5.74) is 1.31. The monoisotopic (exact) mass is 274 g/mol. The summed E-state index contributed by atoms with van der Waals surface area (Å²) in [5.74, 6) is -0.00819. The third kappa shape index (κ3) is 2.27. The van der Waals surface area contributed by atoms with Crippen LogP contribution in [0.2, 0.25) is 0 Å². The van der Waals surface area contributed by atoms with E-state index in [2.05, 4.69) is 10.1 Å². The molecule has 2 heterocycles. The van der Waals surface area contributed by atoms with Crippen molar-refractivity contribution in [3.63, 3.8) is 0 Å². The minimum absolute atomic E-state index is 0.00819. The fourth-order valence-corrected chi connectivity index (χ4v) is 2.54. The molecule has 0 atom stereocenters. The molecule has 2 aromatic heterocycles. The van der Waals surface area contributed by atoms with Gasteiger partial charge in [-0.1, -0.05) is 0 Å². The second-order valence-electron chi connectivity index (χ2n) is 5.12. The van der Waals surface area contributed by atoms with E-state index in [0.29, 0.717) is 24.6 Å². The summed E-state index contributed by atoms with van der Waals surface area (Å²) >= 11 is 0. The lowest BCUT2D eigenvalue weighted by atomic mass is 9.91. The number of nitrogens with zero attached hydrogens (tertiary/aromatic N) is 4. The highest BCUT2D eigenvalue weighted by Gasteiger charge is 2.30. The van der Waals surface area contributed by atoms with Crippen LogP contribution in [0.4, 0.5) is 0 Å². The average Bonchev–Trinajstić information content (AvgIpc) is 2.84. The van der Waals surface area contributed by atoms with Crippen molar-refractivity contribution in [1.29, 1.82) is 0 Å². The van der Waals surface area contributed by atoms with Gasteiger partial charge in [0.15, 0.2) is 0 Å². The van der Waals surface area contributed by atoms with Crippen LogP contribution in [0.3, 0.4) is 0 Å². The van der Waals surface area contributed by atoms with E-state index in [4.69, 9.17) is 5.11 Å². The van der Waals surface area contributed by atoms with Gasteiger partial charge in [-0.2, -0.15) is 5.10 Å². The number of amides is 1. The van der Waals surface area contributed by atoms with E-state index in [0.717, 1.165) is 18.4 Å². The van der Waals surface area contributed by atoms with Gasteiger partial charge in [0.05, 0.1) is 23.5 Å². The van der Waals surface area contributed by atoms with Crippen molar-refractivity contribution in [1.82, 2.24) is 19.5 Å². The lowest BCUT2D eigenvalue weighted by Crippen LogP contribution is -2.44. The van der Waals surface area contributed by atoms with Gasteiger partial charge in [0.1, 0.15) is 0 Å². The number of aliphatic hydroxyl groups excluding tert-OH is 1. The van der Waals surface area contributed by atoms with Crippen LogP contribution < -0.4 is 0 Å². The average molecular weight is 274 g/mol. The third-order valence-electron chi connectivity index (χ3n) is 3.89. The lowest BCUT2D eigenvalue weighted by molar-refractivity contribution is 0.0564. The highest BCUT2D eigenvalue weighted by atomic mass is 16.3. The molecular weight excluding hydrogens is 256 g/mol. The van der Waals surface area contributed by atoms with Gasteiger partial charge in [0, 0.05) is 31.6 Å². The maximum absolute atomic E-state index is 12.7. The largest absolute Gasteiger partial charge is 0.396 e. The Labute approximate surface area is 117 Å². The Hall–Kier alpha value is -1.95. The van der Waals surface area contributed by atoms with Gasteiger partial charge in [-0.3, -0.25) is 9.78 Å². The lowest BCUT2D eigenvalue weighted by Gasteiger charge is -2.37. The summed E-state index contributed by atoms with van der Waals surface area (Å²) in [5, 5.41) is 13.2. The van der Waals surface area contributed by atoms with Crippen molar-refractivity contribution < 1.29 is 9.90 Å². The number of hydrogen-bond acceptors (Lipinski definition) is 4. The maximum atomic E-state index is 12.7. The molecule has 106 valence electrons. The van der Waals surface area contributed by atoms with Crippen molar-refractivity contribution in [2.45, 2.75) is 31.7 Å². The minimum atomic E-state index is -0.00819. The summed E-state index contributed by atoms with van der Waals surface area (Å²) in [7, 11) is 0. The van der Waals surface area contributed by atoms with Crippen molar-refractivity contribution in [2.75, 3.05) is 13.2 Å². The fraction of sp³-hybridized carbons (Fsp3) is 0.500. The summed E-state index contributed by atoms with van der Waals surface area (Å²) < 4.78 is 1.66. The second kappa shape index (κ2) is 5.58. The van der Waals surface area contributed by atoms with Crippen LogP contribution >= 0.6 is 0 Å². The summed E-state index contributed by atoms with van der Waals surface area (Å²) in [4.78, 5) is 18.7. The van der Waals surface area contributed by atoms with Gasteiger partial charge < -0.3 is 10.0 Å². The van der Waals surface area contributed by atoms with Crippen LogP contribution in [-0.4, -0.2) is 49.7 Å². The molecule has 1 N–H and O–H groups in total. The van der Waals surface area contributed by atoms with Gasteiger partial charge in [0.25, 0.3) is 5.91 Å². The SMILES string of the molecule is O=C(c1cnn2ccncc12)N(CCCO)C1CCC1. The molecule has 1 saturated carbocycles. The zero-order valence-electron chi connectivity index (χ0n) is 11.3. The number of aromatic nitrogens is 3. The molecule has 0 unspecified atom stereocenters. The molecule has 1 fully saturated rings. The molecule has 1 aliphatic carbocycles. The Balaban J connectivity index is 1.88. The summed E-state index contributed by atoms with van der Waals surface area (Å²) in [6.07, 6.45) is 10.5. The van der Waals surface area contributed by atoms with E-state index in [1.54, 1.807) is 29.3 Å². The Morgan fingerprint density at radius 2 is 2.30 bits per heavy atom. The van der Waals surface area contributed by atoms with Crippen LogP contribution in [-0.2, 0) is 0 Å². The molecule has 0 aliphatic heterocycles. The smallest absolute Gasteiger partial charge is 0.258 e. The van der Waals surface area contributed by atoms with Crippen LogP contribution in [0.15, 0.2) is 24.8 Å². The quantitative estimate of drug-likeness (QED) is 0.886. The molecule has 20 heavy (non-hydrogen) atoms. The standard InChI is InChI=1S/C14H18N4O2/c19-8-2-6-17(11-3-1-4-11)14(20)12-9-16-18-7-5-15-10-13(12)18/h5,7,9-11,19H,1-4,6,8H2. The number of aliphatic hydroxyl groups is 1. The van der Waals surface area contributed by atoms with Crippen LogP contribution in [0.25, 0.3) is 5.52 Å². The molecular formula is C14H18N4O2. The van der Waals surface area contributed by atoms with E-state index in [9.17, 15) is 4.79 Å². The van der Waals surface area contributed by atoms with Gasteiger partial charge in [0.2, 0.25) is 0 Å². The normalized spacial score (nSPS) is 15.2. The first-order valence-corrected chi connectivity index (χ1v) is 7.00. The molecule has 0 saturated heterocycles. The molecule has 0 bridgehead atoms. The minimum Gasteiger partial charge on any atom is -0.396 e. The molecule has 6 heteroatoms. The van der Waals surface area contributed by atoms with Crippen LogP contribution in [0.5, 0.6) is 0 Å².